The summed E-state index contributed by atoms with van der Waals surface area (Å²) in [7, 11) is 0. The van der Waals surface area contributed by atoms with Crippen LogP contribution in [0, 0.1) is 0 Å². The van der Waals surface area contributed by atoms with Crippen molar-refractivity contribution in [3.8, 4) is 11.1 Å². The summed E-state index contributed by atoms with van der Waals surface area (Å²) in [4.78, 5) is 11.1. The summed E-state index contributed by atoms with van der Waals surface area (Å²) in [5.41, 5.74) is 3.35. The van der Waals surface area contributed by atoms with E-state index in [1.807, 2.05) is 36.4 Å². The van der Waals surface area contributed by atoms with Crippen molar-refractivity contribution >= 4 is 23.3 Å². The number of aliphatic carboxylic acids is 1. The molecule has 1 aliphatic rings. The Morgan fingerprint density at radius 1 is 1.15 bits per heavy atom. The molecule has 0 bridgehead atoms. The van der Waals surface area contributed by atoms with Gasteiger partial charge in [-0.05, 0) is 41.0 Å². The molecule has 0 saturated heterocycles. The number of carboxylic acids is 1. The molecule has 20 heavy (non-hydrogen) atoms. The molecule has 0 saturated carbocycles. The molecule has 0 spiro atoms. The number of hydrogen-bond acceptors (Lipinski definition) is 3. The van der Waals surface area contributed by atoms with Crippen LogP contribution in [0.4, 0.5) is 5.69 Å². The molecule has 5 heteroatoms. The molecule has 1 aliphatic heterocycles. The van der Waals surface area contributed by atoms with Crippen molar-refractivity contribution in [1.29, 1.82) is 0 Å². The fourth-order valence-electron chi connectivity index (χ4n) is 2.45. The van der Waals surface area contributed by atoms with Gasteiger partial charge in [-0.25, -0.2) is 9.86 Å². The highest BCUT2D eigenvalue weighted by molar-refractivity contribution is 6.30. The zero-order valence-electron chi connectivity index (χ0n) is 10.5. The summed E-state index contributed by atoms with van der Waals surface area (Å²) in [6.07, 6.45) is 0.294. The van der Waals surface area contributed by atoms with Gasteiger partial charge in [0.05, 0.1) is 5.69 Å². The van der Waals surface area contributed by atoms with Crippen LogP contribution in [0.3, 0.4) is 0 Å². The molecule has 1 unspecified atom stereocenters. The first-order valence-corrected chi connectivity index (χ1v) is 6.54. The van der Waals surface area contributed by atoms with Crippen LogP contribution in [0.1, 0.15) is 5.56 Å². The Kier molecular flexibility index (Phi) is 3.12. The number of benzene rings is 2. The predicted octanol–water partition coefficient (Wildman–Crippen LogP) is 3.21. The first-order chi connectivity index (χ1) is 9.56. The highest BCUT2D eigenvalue weighted by Gasteiger charge is 2.33. The van der Waals surface area contributed by atoms with E-state index < -0.39 is 12.0 Å². The van der Waals surface area contributed by atoms with Gasteiger partial charge in [0.15, 0.2) is 6.04 Å². The van der Waals surface area contributed by atoms with Gasteiger partial charge in [0.1, 0.15) is 0 Å². The molecule has 0 fully saturated rings. The molecular formula is C15H12ClNO3. The fraction of sp³-hybridized carbons (Fsp3) is 0.133. The number of carbonyl (C=O) groups is 1. The van der Waals surface area contributed by atoms with E-state index in [-0.39, 0.29) is 0 Å². The lowest BCUT2D eigenvalue weighted by Crippen LogP contribution is -2.35. The van der Waals surface area contributed by atoms with E-state index in [1.54, 1.807) is 6.07 Å². The average Bonchev–Trinajstić information content (AvgIpc) is 2.77. The Hall–Kier alpha value is -2.04. The predicted molar refractivity (Wildman–Crippen MR) is 76.3 cm³/mol. The standard InChI is InChI=1S/C15H12ClNO3/c16-12-4-1-9(2-5-12)10-3-6-13-11(7-10)8-14(15(18)19)17(13)20/h1-7,14,20H,8H2,(H,18,19). The maximum absolute atomic E-state index is 11.1. The van der Waals surface area contributed by atoms with E-state index in [0.717, 1.165) is 21.8 Å². The van der Waals surface area contributed by atoms with Crippen molar-refractivity contribution in [1.82, 2.24) is 0 Å². The zero-order chi connectivity index (χ0) is 14.3. The van der Waals surface area contributed by atoms with Crippen LogP contribution in [0.2, 0.25) is 5.02 Å². The number of hydrogen-bond donors (Lipinski definition) is 2. The average molecular weight is 290 g/mol. The van der Waals surface area contributed by atoms with Gasteiger partial charge in [-0.1, -0.05) is 29.8 Å². The Morgan fingerprint density at radius 2 is 1.80 bits per heavy atom. The van der Waals surface area contributed by atoms with E-state index in [9.17, 15) is 10.0 Å². The van der Waals surface area contributed by atoms with Crippen molar-refractivity contribution in [3.63, 3.8) is 0 Å². The van der Waals surface area contributed by atoms with Crippen LogP contribution in [-0.2, 0) is 11.2 Å². The third kappa shape index (κ3) is 2.13. The third-order valence-electron chi connectivity index (χ3n) is 3.50. The van der Waals surface area contributed by atoms with Gasteiger partial charge in [-0.15, -0.1) is 0 Å². The Bertz CT molecular complexity index is 669. The molecule has 2 N–H and O–H groups in total. The second kappa shape index (κ2) is 4.81. The van der Waals surface area contributed by atoms with E-state index in [2.05, 4.69) is 0 Å². The summed E-state index contributed by atoms with van der Waals surface area (Å²) in [6, 6.07) is 12.0. The van der Waals surface area contributed by atoms with Crippen LogP contribution in [0.25, 0.3) is 11.1 Å². The molecule has 3 rings (SSSR count). The molecule has 2 aromatic rings. The minimum Gasteiger partial charge on any atom is -0.480 e. The summed E-state index contributed by atoms with van der Waals surface area (Å²) >= 11 is 5.86. The van der Waals surface area contributed by atoms with Gasteiger partial charge in [0, 0.05) is 11.4 Å². The summed E-state index contributed by atoms with van der Waals surface area (Å²) in [5.74, 6) is -1.03. The normalized spacial score (nSPS) is 17.1. The maximum Gasteiger partial charge on any atom is 0.329 e. The van der Waals surface area contributed by atoms with Crippen LogP contribution in [-0.4, -0.2) is 22.3 Å². The lowest BCUT2D eigenvalue weighted by molar-refractivity contribution is -0.139. The lowest BCUT2D eigenvalue weighted by atomic mass is 10.0. The fourth-order valence-corrected chi connectivity index (χ4v) is 2.57. The van der Waals surface area contributed by atoms with Gasteiger partial charge >= 0.3 is 5.97 Å². The quantitative estimate of drug-likeness (QED) is 0.891. The highest BCUT2D eigenvalue weighted by Crippen LogP contribution is 2.34. The first kappa shape index (κ1) is 13.0. The number of halogens is 1. The summed E-state index contributed by atoms with van der Waals surface area (Å²) < 4.78 is 0. The monoisotopic (exact) mass is 289 g/mol. The van der Waals surface area contributed by atoms with Gasteiger partial charge in [-0.3, -0.25) is 5.21 Å². The Morgan fingerprint density at radius 3 is 2.45 bits per heavy atom. The van der Waals surface area contributed by atoms with Gasteiger partial charge < -0.3 is 5.11 Å². The van der Waals surface area contributed by atoms with Crippen LogP contribution >= 0.6 is 11.6 Å². The minimum absolute atomic E-state index is 0.294. The van der Waals surface area contributed by atoms with Crippen molar-refractivity contribution < 1.29 is 15.1 Å². The van der Waals surface area contributed by atoms with Crippen molar-refractivity contribution in [3.05, 3.63) is 53.1 Å². The van der Waals surface area contributed by atoms with E-state index in [4.69, 9.17) is 16.7 Å². The number of nitrogens with zero attached hydrogens (tertiary/aromatic N) is 1. The molecular weight excluding hydrogens is 278 g/mol. The van der Waals surface area contributed by atoms with Crippen molar-refractivity contribution in [2.75, 3.05) is 5.06 Å². The maximum atomic E-state index is 11.1. The minimum atomic E-state index is -1.03. The van der Waals surface area contributed by atoms with Crippen molar-refractivity contribution in [2.24, 2.45) is 0 Å². The number of rotatable bonds is 2. The SMILES string of the molecule is O=C(O)C1Cc2cc(-c3ccc(Cl)cc3)ccc2N1O. The largest absolute Gasteiger partial charge is 0.480 e. The molecule has 0 aromatic heterocycles. The Labute approximate surface area is 120 Å². The number of anilines is 1. The van der Waals surface area contributed by atoms with Gasteiger partial charge in [-0.2, -0.15) is 0 Å². The second-order valence-corrected chi connectivity index (χ2v) is 5.19. The smallest absolute Gasteiger partial charge is 0.329 e. The number of hydroxylamine groups is 1. The molecule has 1 heterocycles. The molecule has 0 aliphatic carbocycles. The van der Waals surface area contributed by atoms with Crippen LogP contribution in [0.5, 0.6) is 0 Å². The molecule has 102 valence electrons. The van der Waals surface area contributed by atoms with Crippen molar-refractivity contribution in [2.45, 2.75) is 12.5 Å². The first-order valence-electron chi connectivity index (χ1n) is 6.16. The van der Waals surface area contributed by atoms with Gasteiger partial charge in [0.25, 0.3) is 0 Å². The van der Waals surface area contributed by atoms with Crippen LogP contribution < -0.4 is 5.06 Å². The number of carboxylic acid groups (broad SMARTS) is 1. The molecule has 1 atom stereocenters. The lowest BCUT2D eigenvalue weighted by Gasteiger charge is -2.15. The second-order valence-electron chi connectivity index (χ2n) is 4.75. The molecule has 0 radical (unpaired) electrons. The van der Waals surface area contributed by atoms with E-state index in [1.165, 1.54) is 0 Å². The molecule has 4 nitrogen and oxygen atoms in total. The summed E-state index contributed by atoms with van der Waals surface area (Å²) in [5, 5.41) is 20.4. The topological polar surface area (TPSA) is 60.8 Å². The highest BCUT2D eigenvalue weighted by atomic mass is 35.5. The van der Waals surface area contributed by atoms with E-state index in [0.29, 0.717) is 17.1 Å². The molecule has 0 amide bonds. The third-order valence-corrected chi connectivity index (χ3v) is 3.75. The van der Waals surface area contributed by atoms with Crippen LogP contribution in [0.15, 0.2) is 42.5 Å². The number of fused-ring (bicyclic) bond motifs is 1. The van der Waals surface area contributed by atoms with Gasteiger partial charge in [0.2, 0.25) is 0 Å². The molecule has 2 aromatic carbocycles. The summed E-state index contributed by atoms with van der Waals surface area (Å²) in [6.45, 7) is 0. The van der Waals surface area contributed by atoms with E-state index >= 15 is 0 Å². The Balaban J connectivity index is 1.98. The zero-order valence-corrected chi connectivity index (χ0v) is 11.2.